The van der Waals surface area contributed by atoms with Crippen molar-refractivity contribution >= 4 is 38.7 Å². The predicted octanol–water partition coefficient (Wildman–Crippen LogP) is 5.53. The lowest BCUT2D eigenvalue weighted by Crippen LogP contribution is -2.50. The van der Waals surface area contributed by atoms with Crippen molar-refractivity contribution in [3.8, 4) is 5.75 Å². The number of nitrogens with zero attached hydrogens (tertiary/aromatic N) is 3. The van der Waals surface area contributed by atoms with Crippen molar-refractivity contribution in [2.24, 2.45) is 28.5 Å². The predicted molar refractivity (Wildman–Crippen MR) is 143 cm³/mol. The molecule has 2 fully saturated rings. The first-order valence-electron chi connectivity index (χ1n) is 12.6. The van der Waals surface area contributed by atoms with Gasteiger partial charge in [-0.3, -0.25) is 0 Å². The molecule has 0 amide bonds. The van der Waals surface area contributed by atoms with Gasteiger partial charge in [0, 0.05) is 22.8 Å². The number of hydrogen-bond acceptors (Lipinski definition) is 5. The molecule has 3 aromatic rings. The van der Waals surface area contributed by atoms with Crippen LogP contribution in [0.15, 0.2) is 40.1 Å². The maximum Gasteiger partial charge on any atom is 0.166 e. The molecule has 0 spiro atoms. The number of anilines is 1. The van der Waals surface area contributed by atoms with Crippen LogP contribution in [0.4, 0.5) is 15.8 Å². The van der Waals surface area contributed by atoms with Crippen LogP contribution < -0.4 is 11.1 Å². The fourth-order valence-electron chi connectivity index (χ4n) is 6.42. The third-order valence-corrected chi connectivity index (χ3v) is 8.29. The lowest BCUT2D eigenvalue weighted by atomic mass is 9.61. The normalized spacial score (nSPS) is 28.4. The molecule has 2 saturated carbocycles. The molecule has 2 heterocycles. The quantitative estimate of drug-likeness (QED) is 0.243. The molecule has 0 saturated heterocycles. The zero-order valence-corrected chi connectivity index (χ0v) is 22.4. The number of aliphatic imine (C=N–C) groups is 1. The Morgan fingerprint density at radius 3 is 2.86 bits per heavy atom. The number of hydrogen-bond donors (Lipinski definition) is 4. The highest BCUT2D eigenvalue weighted by Gasteiger charge is 2.45. The van der Waals surface area contributed by atoms with Crippen LogP contribution in [0.2, 0.25) is 0 Å². The lowest BCUT2D eigenvalue weighted by Gasteiger charge is -2.49. The summed E-state index contributed by atoms with van der Waals surface area (Å²) in [6.07, 6.45) is 7.89. The van der Waals surface area contributed by atoms with E-state index in [2.05, 4.69) is 38.3 Å². The molecule has 5 atom stereocenters. The standard InChI is InChI=1S/C27H33BrFN5O2/c1-4-16-7-23(35)20(29)9-21(16)32-26(30)19-12-31-34-13-18(28)8-22(34)25(19)33-24-14(2)5-15-6-17(24)11-27(3,36)10-15/h7-9,12-15,17,24,33,35-36H,4-6,10-11H2,1-3H3,(H2,30,32). The number of aryl methyl sites for hydroxylation is 1. The van der Waals surface area contributed by atoms with Crippen LogP contribution in [-0.2, 0) is 6.42 Å². The summed E-state index contributed by atoms with van der Waals surface area (Å²) in [6, 6.07) is 4.73. The molecule has 2 bridgehead atoms. The van der Waals surface area contributed by atoms with Gasteiger partial charge in [-0.1, -0.05) is 13.8 Å². The summed E-state index contributed by atoms with van der Waals surface area (Å²) in [7, 11) is 0. The summed E-state index contributed by atoms with van der Waals surface area (Å²) in [4.78, 5) is 4.58. The summed E-state index contributed by atoms with van der Waals surface area (Å²) in [5.74, 6) is 0.353. The number of halogens is 2. The number of fused-ring (bicyclic) bond motifs is 3. The minimum absolute atomic E-state index is 0.150. The minimum atomic E-state index is -0.740. The second-order valence-corrected chi connectivity index (χ2v) is 11.8. The highest BCUT2D eigenvalue weighted by Crippen LogP contribution is 2.47. The van der Waals surface area contributed by atoms with Crippen LogP contribution in [0.1, 0.15) is 57.6 Å². The van der Waals surface area contributed by atoms with Gasteiger partial charge < -0.3 is 21.3 Å². The molecule has 7 nitrogen and oxygen atoms in total. The Hall–Kier alpha value is -2.65. The van der Waals surface area contributed by atoms with Gasteiger partial charge in [0.1, 0.15) is 5.84 Å². The number of rotatable bonds is 5. The Morgan fingerprint density at radius 1 is 1.33 bits per heavy atom. The molecule has 2 aliphatic rings. The monoisotopic (exact) mass is 557 g/mol. The molecule has 192 valence electrons. The molecule has 5 N–H and O–H groups in total. The van der Waals surface area contributed by atoms with E-state index in [1.54, 1.807) is 10.7 Å². The Labute approximate surface area is 218 Å². The maximum absolute atomic E-state index is 14.2. The Balaban J connectivity index is 1.58. The summed E-state index contributed by atoms with van der Waals surface area (Å²) in [5, 5.41) is 29.0. The van der Waals surface area contributed by atoms with Crippen LogP contribution in [0.3, 0.4) is 0 Å². The van der Waals surface area contributed by atoms with Crippen LogP contribution in [0, 0.1) is 23.6 Å². The van der Waals surface area contributed by atoms with Crippen molar-refractivity contribution in [3.05, 3.63) is 52.0 Å². The van der Waals surface area contributed by atoms with E-state index >= 15 is 0 Å². The molecular weight excluding hydrogens is 525 g/mol. The van der Waals surface area contributed by atoms with Gasteiger partial charge in [0.25, 0.3) is 0 Å². The zero-order chi connectivity index (χ0) is 25.8. The Kier molecular flexibility index (Phi) is 6.49. The maximum atomic E-state index is 14.2. The number of aromatic hydroxyl groups is 1. The van der Waals surface area contributed by atoms with Gasteiger partial charge in [-0.05, 0) is 90.4 Å². The highest BCUT2D eigenvalue weighted by molar-refractivity contribution is 9.10. The van der Waals surface area contributed by atoms with Crippen LogP contribution in [0.25, 0.3) is 5.52 Å². The fourth-order valence-corrected chi connectivity index (χ4v) is 6.84. The Bertz CT molecular complexity index is 1340. The van der Waals surface area contributed by atoms with Crippen molar-refractivity contribution < 1.29 is 14.6 Å². The molecule has 0 radical (unpaired) electrons. The third-order valence-electron chi connectivity index (χ3n) is 7.85. The number of aliphatic hydroxyl groups is 1. The van der Waals surface area contributed by atoms with E-state index in [1.165, 1.54) is 12.1 Å². The van der Waals surface area contributed by atoms with Crippen molar-refractivity contribution in [2.45, 2.75) is 64.5 Å². The third kappa shape index (κ3) is 4.70. The molecule has 5 unspecified atom stereocenters. The van der Waals surface area contributed by atoms with E-state index in [4.69, 9.17) is 5.73 Å². The molecule has 9 heteroatoms. The second kappa shape index (κ2) is 9.34. The smallest absolute Gasteiger partial charge is 0.166 e. The number of phenols is 1. The van der Waals surface area contributed by atoms with Crippen molar-refractivity contribution in [2.75, 3.05) is 5.32 Å². The SMILES string of the molecule is CCc1cc(O)c(F)cc1/N=C(\N)c1cnn2cc(Br)cc2c1NC1C(C)CC2CC1CC(C)(O)C2. The van der Waals surface area contributed by atoms with Gasteiger partial charge in [-0.2, -0.15) is 5.10 Å². The minimum Gasteiger partial charge on any atom is -0.505 e. The van der Waals surface area contributed by atoms with E-state index in [0.717, 1.165) is 41.4 Å². The van der Waals surface area contributed by atoms with E-state index in [9.17, 15) is 14.6 Å². The van der Waals surface area contributed by atoms with Crippen molar-refractivity contribution in [3.63, 3.8) is 0 Å². The second-order valence-electron chi connectivity index (χ2n) is 10.9. The van der Waals surface area contributed by atoms with Gasteiger partial charge in [0.2, 0.25) is 0 Å². The first-order valence-corrected chi connectivity index (χ1v) is 13.4. The first-order chi connectivity index (χ1) is 17.0. The summed E-state index contributed by atoms with van der Waals surface area (Å²) in [5.41, 5.74) is 9.26. The molecule has 0 aliphatic heterocycles. The van der Waals surface area contributed by atoms with Crippen LogP contribution in [0.5, 0.6) is 5.75 Å². The molecular formula is C27H33BrFN5O2. The van der Waals surface area contributed by atoms with Gasteiger partial charge in [-0.25, -0.2) is 13.9 Å². The van der Waals surface area contributed by atoms with Gasteiger partial charge in [0.15, 0.2) is 11.6 Å². The molecule has 2 aliphatic carbocycles. The van der Waals surface area contributed by atoms with E-state index in [-0.39, 0.29) is 11.9 Å². The number of nitrogens with two attached hydrogens (primary N) is 1. The molecule has 2 aromatic heterocycles. The van der Waals surface area contributed by atoms with E-state index in [1.807, 2.05) is 26.1 Å². The fraction of sp³-hybridized carbons (Fsp3) is 0.481. The summed E-state index contributed by atoms with van der Waals surface area (Å²) in [6.45, 7) is 6.14. The van der Waals surface area contributed by atoms with Gasteiger partial charge >= 0.3 is 0 Å². The highest BCUT2D eigenvalue weighted by atomic mass is 79.9. The summed E-state index contributed by atoms with van der Waals surface area (Å²) >= 11 is 3.55. The topological polar surface area (TPSA) is 108 Å². The van der Waals surface area contributed by atoms with E-state index in [0.29, 0.717) is 41.0 Å². The van der Waals surface area contributed by atoms with Crippen molar-refractivity contribution in [1.82, 2.24) is 9.61 Å². The molecule has 1 aromatic carbocycles. The average molecular weight is 558 g/mol. The number of phenolic OH excluding ortho intramolecular Hbond substituents is 1. The van der Waals surface area contributed by atoms with Crippen LogP contribution in [-0.4, -0.2) is 37.3 Å². The average Bonchev–Trinajstić information content (AvgIpc) is 3.18. The number of amidine groups is 1. The largest absolute Gasteiger partial charge is 0.505 e. The molecule has 36 heavy (non-hydrogen) atoms. The number of nitrogens with one attached hydrogen (secondary N) is 1. The Morgan fingerprint density at radius 2 is 2.11 bits per heavy atom. The summed E-state index contributed by atoms with van der Waals surface area (Å²) < 4.78 is 16.8. The number of benzene rings is 1. The zero-order valence-electron chi connectivity index (χ0n) is 20.8. The number of aromatic nitrogens is 2. The van der Waals surface area contributed by atoms with Crippen LogP contribution >= 0.6 is 15.9 Å². The van der Waals surface area contributed by atoms with Crippen molar-refractivity contribution in [1.29, 1.82) is 0 Å². The van der Waals surface area contributed by atoms with Gasteiger partial charge in [0.05, 0.1) is 34.3 Å². The molecule has 5 rings (SSSR count). The van der Waals surface area contributed by atoms with Gasteiger partial charge in [-0.15, -0.1) is 0 Å². The first kappa shape index (κ1) is 25.0. The lowest BCUT2D eigenvalue weighted by molar-refractivity contribution is -0.0501. The van der Waals surface area contributed by atoms with E-state index < -0.39 is 17.2 Å².